The number of para-hydroxylation sites is 3. The van der Waals surface area contributed by atoms with Crippen molar-refractivity contribution in [1.82, 2.24) is 9.55 Å². The van der Waals surface area contributed by atoms with Gasteiger partial charge in [0.1, 0.15) is 24.8 Å². The number of carbonyl (C=O) groups is 2. The van der Waals surface area contributed by atoms with E-state index >= 15 is 0 Å². The van der Waals surface area contributed by atoms with Crippen LogP contribution in [-0.2, 0) is 27.3 Å². The van der Waals surface area contributed by atoms with E-state index in [-0.39, 0.29) is 31.0 Å². The number of rotatable bonds is 10. The van der Waals surface area contributed by atoms with E-state index in [9.17, 15) is 9.59 Å². The minimum Gasteiger partial charge on any atom is -0.497 e. The molecule has 8 nitrogen and oxygen atoms in total. The molecule has 2 heterocycles. The lowest BCUT2D eigenvalue weighted by molar-refractivity contribution is -0.120. The Hall–Kier alpha value is -4.17. The predicted octanol–water partition coefficient (Wildman–Crippen LogP) is 5.46. The Balaban J connectivity index is 1.49. The number of methoxy groups -OCH3 is 1. The summed E-state index contributed by atoms with van der Waals surface area (Å²) in [5.41, 5.74) is 5.53. The Kier molecular flexibility index (Phi) is 8.16. The third-order valence-electron chi connectivity index (χ3n) is 7.55. The number of imidazole rings is 1. The molecular weight excluding hydrogens is 504 g/mol. The van der Waals surface area contributed by atoms with Crippen LogP contribution in [0.2, 0.25) is 0 Å². The minimum atomic E-state index is -0.153. The highest BCUT2D eigenvalue weighted by atomic mass is 16.5. The van der Waals surface area contributed by atoms with Crippen LogP contribution < -0.4 is 14.5 Å². The van der Waals surface area contributed by atoms with Crippen LogP contribution in [0.5, 0.6) is 5.75 Å². The van der Waals surface area contributed by atoms with Gasteiger partial charge in [0.05, 0.1) is 23.8 Å². The van der Waals surface area contributed by atoms with Crippen molar-refractivity contribution in [3.63, 3.8) is 0 Å². The molecule has 1 atom stereocenters. The van der Waals surface area contributed by atoms with E-state index in [1.54, 1.807) is 16.9 Å². The SMILES string of the molecule is CCOCN(C(=O)Cn1c([C@@H]2CC(=O)N(c3ccc(OC)cc3)C2)nc2ccccc21)c1c(C)cccc1CC. The summed E-state index contributed by atoms with van der Waals surface area (Å²) in [5, 5.41) is 0. The van der Waals surface area contributed by atoms with Crippen LogP contribution in [0, 0.1) is 6.92 Å². The molecule has 0 aliphatic carbocycles. The standard InChI is InChI=1S/C32H36N4O4/c1-5-23-11-9-10-22(3)31(23)36(21-40-6-2)30(38)20-35-28-13-8-7-12-27(28)33-32(35)24-18-29(37)34(19-24)25-14-16-26(39-4)17-15-25/h7-17,24H,5-6,18-21H2,1-4H3/t24-/m1/s1. The molecule has 1 fully saturated rings. The molecule has 1 saturated heterocycles. The Labute approximate surface area is 235 Å². The maximum absolute atomic E-state index is 14.1. The van der Waals surface area contributed by atoms with Gasteiger partial charge in [0.25, 0.3) is 0 Å². The topological polar surface area (TPSA) is 76.9 Å². The molecule has 2 amide bonds. The molecule has 1 aliphatic heterocycles. The highest BCUT2D eigenvalue weighted by molar-refractivity contribution is 5.97. The maximum Gasteiger partial charge on any atom is 0.248 e. The molecule has 8 heteroatoms. The van der Waals surface area contributed by atoms with Crippen LogP contribution in [0.3, 0.4) is 0 Å². The van der Waals surface area contributed by atoms with Crippen LogP contribution in [0.1, 0.15) is 43.1 Å². The first-order valence-electron chi connectivity index (χ1n) is 13.8. The normalized spacial score (nSPS) is 15.2. The first-order valence-corrected chi connectivity index (χ1v) is 13.8. The molecule has 0 spiro atoms. The van der Waals surface area contributed by atoms with Crippen molar-refractivity contribution < 1.29 is 19.1 Å². The second kappa shape index (κ2) is 11.9. The van der Waals surface area contributed by atoms with Gasteiger partial charge in [0, 0.05) is 31.2 Å². The van der Waals surface area contributed by atoms with Gasteiger partial charge >= 0.3 is 0 Å². The average molecular weight is 541 g/mol. The molecule has 40 heavy (non-hydrogen) atoms. The summed E-state index contributed by atoms with van der Waals surface area (Å²) in [6.45, 7) is 7.29. The number of nitrogens with zero attached hydrogens (tertiary/aromatic N) is 4. The highest BCUT2D eigenvalue weighted by Gasteiger charge is 2.35. The quantitative estimate of drug-likeness (QED) is 0.250. The number of anilines is 2. The number of aryl methyl sites for hydroxylation is 2. The summed E-state index contributed by atoms with van der Waals surface area (Å²) in [5.74, 6) is 1.28. The average Bonchev–Trinajstić information content (AvgIpc) is 3.54. The van der Waals surface area contributed by atoms with Crippen LogP contribution in [0.15, 0.2) is 66.7 Å². The number of hydrogen-bond donors (Lipinski definition) is 0. The Morgan fingerprint density at radius 2 is 1.82 bits per heavy atom. The summed E-state index contributed by atoms with van der Waals surface area (Å²) in [4.78, 5) is 35.7. The highest BCUT2D eigenvalue weighted by Crippen LogP contribution is 2.34. The molecule has 1 aliphatic rings. The van der Waals surface area contributed by atoms with E-state index in [1.165, 1.54) is 0 Å². The fourth-order valence-electron chi connectivity index (χ4n) is 5.52. The summed E-state index contributed by atoms with van der Waals surface area (Å²) in [6, 6.07) is 21.4. The molecule has 0 radical (unpaired) electrons. The molecule has 0 unspecified atom stereocenters. The molecule has 0 saturated carbocycles. The van der Waals surface area contributed by atoms with Gasteiger partial charge in [-0.15, -0.1) is 0 Å². The largest absolute Gasteiger partial charge is 0.497 e. The Morgan fingerprint density at radius 3 is 2.55 bits per heavy atom. The van der Waals surface area contributed by atoms with Gasteiger partial charge in [0.2, 0.25) is 11.8 Å². The molecule has 0 bridgehead atoms. The number of aromatic nitrogens is 2. The van der Waals surface area contributed by atoms with Gasteiger partial charge < -0.3 is 18.9 Å². The molecular formula is C32H36N4O4. The number of hydrogen-bond acceptors (Lipinski definition) is 5. The van der Waals surface area contributed by atoms with Gasteiger partial charge in [-0.2, -0.15) is 0 Å². The van der Waals surface area contributed by atoms with E-state index in [4.69, 9.17) is 14.5 Å². The number of benzene rings is 3. The van der Waals surface area contributed by atoms with E-state index in [0.29, 0.717) is 19.6 Å². The van der Waals surface area contributed by atoms with Crippen LogP contribution in [0.4, 0.5) is 11.4 Å². The first-order chi connectivity index (χ1) is 19.4. The van der Waals surface area contributed by atoms with Gasteiger partial charge in [-0.3, -0.25) is 14.5 Å². The molecule has 1 aromatic heterocycles. The molecule has 0 N–H and O–H groups in total. The van der Waals surface area contributed by atoms with Gasteiger partial charge in [-0.05, 0) is 67.8 Å². The van der Waals surface area contributed by atoms with Crippen LogP contribution >= 0.6 is 0 Å². The van der Waals surface area contributed by atoms with E-state index in [2.05, 4.69) is 13.0 Å². The number of ether oxygens (including phenoxy) is 2. The van der Waals surface area contributed by atoms with Gasteiger partial charge in [0.15, 0.2) is 0 Å². The number of amides is 2. The van der Waals surface area contributed by atoms with Crippen molar-refractivity contribution in [3.8, 4) is 5.75 Å². The summed E-state index contributed by atoms with van der Waals surface area (Å²) in [6.07, 6.45) is 1.13. The molecule has 3 aromatic carbocycles. The lowest BCUT2D eigenvalue weighted by Crippen LogP contribution is -2.37. The second-order valence-corrected chi connectivity index (χ2v) is 10.0. The lowest BCUT2D eigenvalue weighted by atomic mass is 10.0. The number of fused-ring (bicyclic) bond motifs is 1. The minimum absolute atomic E-state index is 0.0329. The fraction of sp³-hybridized carbons (Fsp3) is 0.344. The smallest absolute Gasteiger partial charge is 0.248 e. The zero-order valence-corrected chi connectivity index (χ0v) is 23.6. The lowest BCUT2D eigenvalue weighted by Gasteiger charge is -2.27. The van der Waals surface area contributed by atoms with Crippen molar-refractivity contribution in [3.05, 3.63) is 83.7 Å². The predicted molar refractivity (Wildman–Crippen MR) is 157 cm³/mol. The summed E-state index contributed by atoms with van der Waals surface area (Å²) in [7, 11) is 1.62. The van der Waals surface area contributed by atoms with Crippen molar-refractivity contribution in [2.75, 3.05) is 36.8 Å². The Bertz CT molecular complexity index is 1510. The maximum atomic E-state index is 14.1. The zero-order valence-electron chi connectivity index (χ0n) is 23.6. The van der Waals surface area contributed by atoms with Gasteiger partial charge in [-0.1, -0.05) is 37.3 Å². The van der Waals surface area contributed by atoms with Crippen molar-refractivity contribution in [2.24, 2.45) is 0 Å². The van der Waals surface area contributed by atoms with Crippen molar-refractivity contribution >= 4 is 34.2 Å². The Morgan fingerprint density at radius 1 is 1.05 bits per heavy atom. The van der Waals surface area contributed by atoms with Crippen molar-refractivity contribution in [2.45, 2.75) is 46.1 Å². The molecule has 5 rings (SSSR count). The number of carbonyl (C=O) groups excluding carboxylic acids is 2. The third kappa shape index (κ3) is 5.31. The van der Waals surface area contributed by atoms with Gasteiger partial charge in [-0.25, -0.2) is 4.98 Å². The monoisotopic (exact) mass is 540 g/mol. The fourth-order valence-corrected chi connectivity index (χ4v) is 5.52. The van der Waals surface area contributed by atoms with E-state index in [0.717, 1.165) is 51.5 Å². The van der Waals surface area contributed by atoms with E-state index < -0.39 is 0 Å². The van der Waals surface area contributed by atoms with Crippen LogP contribution in [0.25, 0.3) is 11.0 Å². The summed E-state index contributed by atoms with van der Waals surface area (Å²) >= 11 is 0. The second-order valence-electron chi connectivity index (χ2n) is 10.0. The van der Waals surface area contributed by atoms with E-state index in [1.807, 2.05) is 79.1 Å². The molecule has 208 valence electrons. The first kappa shape index (κ1) is 27.4. The summed E-state index contributed by atoms with van der Waals surface area (Å²) < 4.78 is 13.0. The third-order valence-corrected chi connectivity index (χ3v) is 7.55. The zero-order chi connectivity index (χ0) is 28.2. The molecule has 4 aromatic rings. The van der Waals surface area contributed by atoms with Crippen molar-refractivity contribution in [1.29, 1.82) is 0 Å². The van der Waals surface area contributed by atoms with Crippen LogP contribution in [-0.4, -0.2) is 48.4 Å².